The second-order valence-corrected chi connectivity index (χ2v) is 15.4. The zero-order chi connectivity index (χ0) is 20.6. The number of hydrogen-bond acceptors (Lipinski definition) is 2. The van der Waals surface area contributed by atoms with E-state index in [1.807, 2.05) is 0 Å². The van der Waals surface area contributed by atoms with Crippen molar-refractivity contribution in [2.24, 2.45) is 0 Å². The third-order valence-electron chi connectivity index (χ3n) is 6.73. The van der Waals surface area contributed by atoms with Gasteiger partial charge in [0.15, 0.2) is 0 Å². The van der Waals surface area contributed by atoms with Crippen molar-refractivity contribution in [3.05, 3.63) is 29.8 Å². The van der Waals surface area contributed by atoms with E-state index in [0.29, 0.717) is 16.6 Å². The van der Waals surface area contributed by atoms with Crippen LogP contribution in [0.15, 0.2) is 24.3 Å². The van der Waals surface area contributed by atoms with Gasteiger partial charge in [-0.15, -0.1) is 5.54 Å². The Balaban J connectivity index is 2.26. The van der Waals surface area contributed by atoms with Crippen molar-refractivity contribution in [1.29, 1.82) is 0 Å². The average molecular weight is 384 g/mol. The van der Waals surface area contributed by atoms with Crippen LogP contribution in [-0.2, 0) is 9.31 Å². The van der Waals surface area contributed by atoms with Crippen LogP contribution in [0.3, 0.4) is 0 Å². The second-order valence-electron chi connectivity index (χ2n) is 9.86. The minimum absolute atomic E-state index is 0.312. The summed E-state index contributed by atoms with van der Waals surface area (Å²) in [5.74, 6) is 3.51. The maximum Gasteiger partial charge on any atom is 0.494 e. The lowest BCUT2D eigenvalue weighted by Crippen LogP contribution is -2.43. The Labute approximate surface area is 168 Å². The van der Waals surface area contributed by atoms with Crippen LogP contribution in [0.2, 0.25) is 16.6 Å². The summed E-state index contributed by atoms with van der Waals surface area (Å²) >= 11 is 0. The van der Waals surface area contributed by atoms with Gasteiger partial charge in [-0.25, -0.2) is 0 Å². The van der Waals surface area contributed by atoms with Crippen LogP contribution in [0.5, 0.6) is 0 Å². The van der Waals surface area contributed by atoms with Gasteiger partial charge in [0, 0.05) is 5.56 Å². The number of hydrogen-bond donors (Lipinski definition) is 0. The highest BCUT2D eigenvalue weighted by atomic mass is 28.3. The van der Waals surface area contributed by atoms with Crippen LogP contribution >= 0.6 is 0 Å². The highest BCUT2D eigenvalue weighted by Gasteiger charge is 2.51. The molecule has 1 aromatic rings. The van der Waals surface area contributed by atoms with E-state index in [0.717, 1.165) is 11.0 Å². The lowest BCUT2D eigenvalue weighted by atomic mass is 9.79. The Morgan fingerprint density at radius 1 is 0.778 bits per heavy atom. The summed E-state index contributed by atoms with van der Waals surface area (Å²) in [6.07, 6.45) is 0. The van der Waals surface area contributed by atoms with Crippen LogP contribution in [-0.4, -0.2) is 26.4 Å². The van der Waals surface area contributed by atoms with Gasteiger partial charge in [-0.3, -0.25) is 0 Å². The zero-order valence-corrected chi connectivity index (χ0v) is 19.9. The lowest BCUT2D eigenvalue weighted by Gasteiger charge is -2.38. The van der Waals surface area contributed by atoms with Gasteiger partial charge in [-0.2, -0.15) is 0 Å². The standard InChI is InChI=1S/C23H37BO2Si/c1-17(2)27(18(3)4,19(5)6)16-15-20-11-13-21(14-12-20)24-25-22(7,8)23(9,10)26-24/h11-14,17-19H,1-10H3. The molecule has 2 nitrogen and oxygen atoms in total. The Morgan fingerprint density at radius 2 is 1.19 bits per heavy atom. The molecule has 0 bridgehead atoms. The number of benzene rings is 1. The Kier molecular flexibility index (Phi) is 6.42. The van der Waals surface area contributed by atoms with Crippen LogP contribution in [0.25, 0.3) is 0 Å². The SMILES string of the molecule is CC(C)[Si](C#Cc1ccc(B2OC(C)(C)C(C)(C)O2)cc1)(C(C)C)C(C)C. The van der Waals surface area contributed by atoms with E-state index in [2.05, 4.69) is 105 Å². The fraction of sp³-hybridized carbons (Fsp3) is 0.652. The Morgan fingerprint density at radius 3 is 1.56 bits per heavy atom. The molecular weight excluding hydrogens is 347 g/mol. The molecule has 1 heterocycles. The fourth-order valence-electron chi connectivity index (χ4n) is 4.32. The van der Waals surface area contributed by atoms with Crippen molar-refractivity contribution in [3.8, 4) is 11.5 Å². The van der Waals surface area contributed by atoms with E-state index < -0.39 is 8.07 Å². The van der Waals surface area contributed by atoms with Gasteiger partial charge in [0.25, 0.3) is 0 Å². The molecule has 0 aliphatic carbocycles. The minimum Gasteiger partial charge on any atom is -0.399 e. The molecule has 1 saturated heterocycles. The predicted molar refractivity (Wildman–Crippen MR) is 120 cm³/mol. The normalized spacial score (nSPS) is 18.9. The van der Waals surface area contributed by atoms with E-state index in [-0.39, 0.29) is 18.3 Å². The highest BCUT2D eigenvalue weighted by Crippen LogP contribution is 2.41. The van der Waals surface area contributed by atoms with Crippen LogP contribution in [0, 0.1) is 11.5 Å². The predicted octanol–water partition coefficient (Wildman–Crippen LogP) is 5.56. The van der Waals surface area contributed by atoms with Crippen molar-refractivity contribution in [1.82, 2.24) is 0 Å². The molecule has 0 unspecified atom stereocenters. The molecule has 148 valence electrons. The van der Waals surface area contributed by atoms with Gasteiger partial charge < -0.3 is 9.31 Å². The maximum absolute atomic E-state index is 6.15. The molecule has 1 aromatic carbocycles. The quantitative estimate of drug-likeness (QED) is 0.500. The monoisotopic (exact) mass is 384 g/mol. The molecule has 1 aliphatic heterocycles. The molecular formula is C23H37BO2Si. The third kappa shape index (κ3) is 4.21. The van der Waals surface area contributed by atoms with Crippen LogP contribution in [0.4, 0.5) is 0 Å². The molecule has 4 heteroatoms. The van der Waals surface area contributed by atoms with Crippen LogP contribution in [0.1, 0.15) is 74.8 Å². The van der Waals surface area contributed by atoms with E-state index in [1.54, 1.807) is 0 Å². The molecule has 0 amide bonds. The molecule has 1 fully saturated rings. The summed E-state index contributed by atoms with van der Waals surface area (Å²) in [4.78, 5) is 0. The van der Waals surface area contributed by atoms with Crippen molar-refractivity contribution in [2.75, 3.05) is 0 Å². The molecule has 27 heavy (non-hydrogen) atoms. The highest BCUT2D eigenvalue weighted by molar-refractivity contribution is 6.90. The van der Waals surface area contributed by atoms with E-state index in [9.17, 15) is 0 Å². The molecule has 0 spiro atoms. The lowest BCUT2D eigenvalue weighted by molar-refractivity contribution is 0.00578. The molecule has 0 aromatic heterocycles. The summed E-state index contributed by atoms with van der Waals surface area (Å²) in [7, 11) is -2.01. The Bertz CT molecular complexity index is 670. The van der Waals surface area contributed by atoms with Gasteiger partial charge >= 0.3 is 7.12 Å². The summed E-state index contributed by atoms with van der Waals surface area (Å²) in [5.41, 5.74) is 7.24. The van der Waals surface area contributed by atoms with Crippen LogP contribution < -0.4 is 5.46 Å². The molecule has 0 N–H and O–H groups in total. The van der Waals surface area contributed by atoms with E-state index >= 15 is 0 Å². The first-order chi connectivity index (χ1) is 12.3. The minimum atomic E-state index is -1.70. The van der Waals surface area contributed by atoms with Gasteiger partial charge in [0.05, 0.1) is 11.2 Å². The molecule has 0 radical (unpaired) electrons. The fourth-order valence-corrected chi connectivity index (χ4v) is 9.54. The molecule has 1 aliphatic rings. The summed E-state index contributed by atoms with van der Waals surface area (Å²) in [6, 6.07) is 8.39. The van der Waals surface area contributed by atoms with E-state index in [1.165, 1.54) is 0 Å². The average Bonchev–Trinajstić information content (AvgIpc) is 2.75. The first-order valence-electron chi connectivity index (χ1n) is 10.3. The molecule has 0 atom stereocenters. The third-order valence-corrected chi connectivity index (χ3v) is 13.0. The van der Waals surface area contributed by atoms with Gasteiger partial charge in [-0.05, 0) is 61.9 Å². The largest absolute Gasteiger partial charge is 0.494 e. The maximum atomic E-state index is 6.15. The smallest absolute Gasteiger partial charge is 0.399 e. The van der Waals surface area contributed by atoms with Crippen molar-refractivity contribution < 1.29 is 9.31 Å². The first kappa shape index (κ1) is 22.3. The Hall–Kier alpha value is -1.02. The summed E-state index contributed by atoms with van der Waals surface area (Å²) < 4.78 is 12.3. The van der Waals surface area contributed by atoms with Gasteiger partial charge in [0.1, 0.15) is 8.07 Å². The molecule has 2 rings (SSSR count). The van der Waals surface area contributed by atoms with Gasteiger partial charge in [0.2, 0.25) is 0 Å². The number of rotatable bonds is 4. The van der Waals surface area contributed by atoms with Crippen molar-refractivity contribution in [2.45, 2.75) is 97.1 Å². The van der Waals surface area contributed by atoms with E-state index in [4.69, 9.17) is 9.31 Å². The van der Waals surface area contributed by atoms with Gasteiger partial charge in [-0.1, -0.05) is 59.6 Å². The summed E-state index contributed by atoms with van der Waals surface area (Å²) in [6.45, 7) is 22.4. The van der Waals surface area contributed by atoms with Crippen molar-refractivity contribution in [3.63, 3.8) is 0 Å². The van der Waals surface area contributed by atoms with Crippen molar-refractivity contribution >= 4 is 20.7 Å². The topological polar surface area (TPSA) is 18.5 Å². The second kappa shape index (κ2) is 7.78. The zero-order valence-electron chi connectivity index (χ0n) is 18.9. The summed E-state index contributed by atoms with van der Waals surface area (Å²) in [5, 5.41) is 0. The molecule has 0 saturated carbocycles. The first-order valence-corrected chi connectivity index (χ1v) is 12.6.